The Balaban J connectivity index is 1.90. The number of ether oxygens (including phenoxy) is 1. The molecule has 2 heterocycles. The van der Waals surface area contributed by atoms with Gasteiger partial charge < -0.3 is 15.0 Å². The van der Waals surface area contributed by atoms with Crippen LogP contribution in [0.4, 0.5) is 0 Å². The number of carbonyl (C=O) groups excluding carboxylic acids is 2. The Morgan fingerprint density at radius 2 is 2.29 bits per heavy atom. The third kappa shape index (κ3) is 2.77. The van der Waals surface area contributed by atoms with Gasteiger partial charge in [-0.25, -0.2) is 0 Å². The summed E-state index contributed by atoms with van der Waals surface area (Å²) >= 11 is 0. The third-order valence-corrected chi connectivity index (χ3v) is 3.60. The zero-order chi connectivity index (χ0) is 12.3. The molecule has 0 aliphatic carbocycles. The van der Waals surface area contributed by atoms with Crippen molar-refractivity contribution in [3.8, 4) is 0 Å². The van der Waals surface area contributed by atoms with Crippen LogP contribution in [0.3, 0.4) is 0 Å². The van der Waals surface area contributed by atoms with E-state index in [-0.39, 0.29) is 24.4 Å². The molecule has 0 aromatic heterocycles. The van der Waals surface area contributed by atoms with Gasteiger partial charge in [-0.2, -0.15) is 0 Å². The van der Waals surface area contributed by atoms with Gasteiger partial charge >= 0.3 is 0 Å². The van der Waals surface area contributed by atoms with E-state index < -0.39 is 0 Å². The number of amides is 2. The quantitative estimate of drug-likeness (QED) is 0.761. The number of hydrogen-bond donors (Lipinski definition) is 1. The summed E-state index contributed by atoms with van der Waals surface area (Å²) in [5, 5.41) is 2.64. The fourth-order valence-electron chi connectivity index (χ4n) is 2.52. The molecule has 0 aromatic rings. The molecule has 2 saturated heterocycles. The molecule has 0 saturated carbocycles. The summed E-state index contributed by atoms with van der Waals surface area (Å²) in [6.45, 7) is 4.39. The van der Waals surface area contributed by atoms with Crippen LogP contribution in [0, 0.1) is 5.92 Å². The minimum absolute atomic E-state index is 0.0187. The van der Waals surface area contributed by atoms with Gasteiger partial charge in [0.1, 0.15) is 6.04 Å². The summed E-state index contributed by atoms with van der Waals surface area (Å²) in [4.78, 5) is 25.2. The van der Waals surface area contributed by atoms with E-state index in [1.165, 1.54) is 0 Å². The van der Waals surface area contributed by atoms with Crippen molar-refractivity contribution in [3.05, 3.63) is 0 Å². The molecule has 0 spiro atoms. The maximum absolute atomic E-state index is 11.8. The molecule has 1 N–H and O–H groups in total. The van der Waals surface area contributed by atoms with Crippen molar-refractivity contribution in [2.75, 3.05) is 26.3 Å². The van der Waals surface area contributed by atoms with Crippen LogP contribution in [0.15, 0.2) is 0 Å². The van der Waals surface area contributed by atoms with Crippen LogP contribution in [-0.4, -0.2) is 49.1 Å². The molecule has 2 aliphatic rings. The van der Waals surface area contributed by atoms with Gasteiger partial charge in [0.25, 0.3) is 0 Å². The van der Waals surface area contributed by atoms with Gasteiger partial charge in [0.15, 0.2) is 0 Å². The first-order chi connectivity index (χ1) is 8.22. The standard InChI is InChI=1S/C12H20N2O3/c1-2-10-12(16)13-7-11(15)14(10)5-3-9-4-6-17-8-9/h9-10H,2-8H2,1H3,(H,13,16). The number of carbonyl (C=O) groups is 2. The lowest BCUT2D eigenvalue weighted by Gasteiger charge is -2.34. The van der Waals surface area contributed by atoms with Crippen LogP contribution in [0.25, 0.3) is 0 Å². The minimum Gasteiger partial charge on any atom is -0.381 e. The SMILES string of the molecule is CCC1C(=O)NCC(=O)N1CCC1CCOC1. The largest absolute Gasteiger partial charge is 0.381 e. The van der Waals surface area contributed by atoms with E-state index in [1.54, 1.807) is 4.90 Å². The van der Waals surface area contributed by atoms with E-state index >= 15 is 0 Å². The molecule has 0 bridgehead atoms. The molecule has 2 amide bonds. The Labute approximate surface area is 101 Å². The van der Waals surface area contributed by atoms with Crippen LogP contribution in [0.5, 0.6) is 0 Å². The average Bonchev–Trinajstić information content (AvgIpc) is 2.83. The molecule has 2 fully saturated rings. The average molecular weight is 240 g/mol. The summed E-state index contributed by atoms with van der Waals surface area (Å²) in [6.07, 6.45) is 2.69. The highest BCUT2D eigenvalue weighted by Gasteiger charge is 2.33. The van der Waals surface area contributed by atoms with Crippen molar-refractivity contribution in [1.82, 2.24) is 10.2 Å². The van der Waals surface area contributed by atoms with E-state index in [4.69, 9.17) is 4.74 Å². The van der Waals surface area contributed by atoms with Crippen molar-refractivity contribution in [2.45, 2.75) is 32.2 Å². The first-order valence-electron chi connectivity index (χ1n) is 6.37. The second kappa shape index (κ2) is 5.49. The highest BCUT2D eigenvalue weighted by Crippen LogP contribution is 2.18. The molecule has 5 heteroatoms. The van der Waals surface area contributed by atoms with Gasteiger partial charge in [-0.05, 0) is 25.2 Å². The molecule has 2 unspecified atom stereocenters. The fraction of sp³-hybridized carbons (Fsp3) is 0.833. The lowest BCUT2D eigenvalue weighted by atomic mass is 10.0. The van der Waals surface area contributed by atoms with Crippen molar-refractivity contribution >= 4 is 11.8 Å². The number of hydrogen-bond acceptors (Lipinski definition) is 3. The Bertz CT molecular complexity index is 300. The van der Waals surface area contributed by atoms with Gasteiger partial charge in [-0.1, -0.05) is 6.92 Å². The molecule has 96 valence electrons. The molecular weight excluding hydrogens is 220 g/mol. The third-order valence-electron chi connectivity index (χ3n) is 3.60. The van der Waals surface area contributed by atoms with Gasteiger partial charge in [0.2, 0.25) is 11.8 Å². The second-order valence-electron chi connectivity index (χ2n) is 4.75. The van der Waals surface area contributed by atoms with Crippen LogP contribution in [0.2, 0.25) is 0 Å². The monoisotopic (exact) mass is 240 g/mol. The normalized spacial score (nSPS) is 29.6. The van der Waals surface area contributed by atoms with E-state index in [1.807, 2.05) is 6.92 Å². The molecule has 17 heavy (non-hydrogen) atoms. The molecule has 0 radical (unpaired) electrons. The predicted octanol–water partition coefficient (Wildman–Crippen LogP) is 0.150. The van der Waals surface area contributed by atoms with Gasteiger partial charge in [-0.15, -0.1) is 0 Å². The second-order valence-corrected chi connectivity index (χ2v) is 4.75. The first-order valence-corrected chi connectivity index (χ1v) is 6.37. The van der Waals surface area contributed by atoms with Crippen LogP contribution >= 0.6 is 0 Å². The molecular formula is C12H20N2O3. The summed E-state index contributed by atoms with van der Waals surface area (Å²) < 4.78 is 5.32. The Hall–Kier alpha value is -1.10. The molecule has 2 rings (SSSR count). The van der Waals surface area contributed by atoms with Crippen LogP contribution < -0.4 is 5.32 Å². The molecule has 2 atom stereocenters. The molecule has 0 aromatic carbocycles. The summed E-state index contributed by atoms with van der Waals surface area (Å²) in [5.41, 5.74) is 0. The van der Waals surface area contributed by atoms with E-state index in [0.29, 0.717) is 18.9 Å². The van der Waals surface area contributed by atoms with Crippen molar-refractivity contribution < 1.29 is 14.3 Å². The van der Waals surface area contributed by atoms with Crippen molar-refractivity contribution in [1.29, 1.82) is 0 Å². The predicted molar refractivity (Wildman–Crippen MR) is 62.3 cm³/mol. The highest BCUT2D eigenvalue weighted by molar-refractivity contribution is 5.94. The lowest BCUT2D eigenvalue weighted by molar-refractivity contribution is -0.145. The van der Waals surface area contributed by atoms with E-state index in [2.05, 4.69) is 5.32 Å². The van der Waals surface area contributed by atoms with Gasteiger partial charge in [0.05, 0.1) is 6.54 Å². The van der Waals surface area contributed by atoms with Crippen LogP contribution in [0.1, 0.15) is 26.2 Å². The summed E-state index contributed by atoms with van der Waals surface area (Å²) in [5.74, 6) is 0.565. The lowest BCUT2D eigenvalue weighted by Crippen LogP contribution is -2.58. The Morgan fingerprint density at radius 1 is 1.47 bits per heavy atom. The highest BCUT2D eigenvalue weighted by atomic mass is 16.5. The number of nitrogens with one attached hydrogen (secondary N) is 1. The zero-order valence-electron chi connectivity index (χ0n) is 10.3. The van der Waals surface area contributed by atoms with Gasteiger partial charge in [-0.3, -0.25) is 9.59 Å². The fourth-order valence-corrected chi connectivity index (χ4v) is 2.52. The number of nitrogens with zero attached hydrogens (tertiary/aromatic N) is 1. The smallest absolute Gasteiger partial charge is 0.243 e. The minimum atomic E-state index is -0.279. The van der Waals surface area contributed by atoms with E-state index in [9.17, 15) is 9.59 Å². The number of piperazine rings is 1. The number of rotatable bonds is 4. The topological polar surface area (TPSA) is 58.6 Å². The van der Waals surface area contributed by atoms with E-state index in [0.717, 1.165) is 26.1 Å². The van der Waals surface area contributed by atoms with Crippen LogP contribution in [-0.2, 0) is 14.3 Å². The van der Waals surface area contributed by atoms with Crippen molar-refractivity contribution in [3.63, 3.8) is 0 Å². The molecule has 2 aliphatic heterocycles. The first kappa shape index (κ1) is 12.4. The van der Waals surface area contributed by atoms with Crippen molar-refractivity contribution in [2.24, 2.45) is 5.92 Å². The zero-order valence-corrected chi connectivity index (χ0v) is 10.3. The Morgan fingerprint density at radius 3 is 2.94 bits per heavy atom. The maximum Gasteiger partial charge on any atom is 0.243 e. The summed E-state index contributed by atoms with van der Waals surface area (Å²) in [6, 6.07) is -0.279. The molecule has 5 nitrogen and oxygen atoms in total. The maximum atomic E-state index is 11.8. The summed E-state index contributed by atoms with van der Waals surface area (Å²) in [7, 11) is 0. The van der Waals surface area contributed by atoms with Gasteiger partial charge in [0, 0.05) is 19.8 Å². The Kier molecular flexibility index (Phi) is 3.99.